The Balaban J connectivity index is 2.19. The van der Waals surface area contributed by atoms with Gasteiger partial charge in [-0.15, -0.1) is 11.5 Å². The number of pyridine rings is 1. The van der Waals surface area contributed by atoms with E-state index in [-0.39, 0.29) is 17.4 Å². The molecule has 0 saturated heterocycles. The molecule has 0 aliphatic carbocycles. The summed E-state index contributed by atoms with van der Waals surface area (Å²) in [6.07, 6.45) is 1.78. The number of hydrogen-bond acceptors (Lipinski definition) is 3. The summed E-state index contributed by atoms with van der Waals surface area (Å²) in [5.74, 6) is 2.14. The van der Waals surface area contributed by atoms with Gasteiger partial charge in [-0.2, -0.15) is 0 Å². The van der Waals surface area contributed by atoms with E-state index < -0.39 is 20.0 Å². The number of carbonyl (C=O) groups is 2. The number of fused-ring (bicyclic) bond motifs is 1. The number of nitrogens with one attached hydrogen (secondary N) is 1. The Hall–Kier alpha value is -2.65. The van der Waals surface area contributed by atoms with Gasteiger partial charge in [0.05, 0.1) is 11.1 Å². The molecule has 1 aromatic carbocycles. The maximum absolute atomic E-state index is 12.7. The third kappa shape index (κ3) is 4.95. The quantitative estimate of drug-likeness (QED) is 0.630. The number of amides is 2. The van der Waals surface area contributed by atoms with E-state index >= 15 is 0 Å². The zero-order chi connectivity index (χ0) is 20.2. The van der Waals surface area contributed by atoms with Gasteiger partial charge in [0.1, 0.15) is 14.1 Å². The lowest BCUT2D eigenvalue weighted by Gasteiger charge is -2.31. The Morgan fingerprint density at radius 2 is 1.89 bits per heavy atom. The predicted octanol–water partition coefficient (Wildman–Crippen LogP) is 3.26. The van der Waals surface area contributed by atoms with Gasteiger partial charge in [0.25, 0.3) is 5.91 Å². The van der Waals surface area contributed by atoms with Gasteiger partial charge in [0.2, 0.25) is 5.91 Å². The number of carbonyl (C=O) groups excluding carboxylic acids is 2. The van der Waals surface area contributed by atoms with Crippen LogP contribution in [0.15, 0.2) is 36.5 Å². The van der Waals surface area contributed by atoms with Crippen molar-refractivity contribution in [3.05, 3.63) is 42.1 Å². The van der Waals surface area contributed by atoms with Crippen LogP contribution < -0.4 is 11.1 Å². The van der Waals surface area contributed by atoms with E-state index in [2.05, 4.69) is 55.6 Å². The fraction of sp³-hybridized carbons (Fsp3) is 0.381. The second-order valence-electron chi connectivity index (χ2n) is 8.18. The van der Waals surface area contributed by atoms with Crippen molar-refractivity contribution in [1.82, 2.24) is 10.3 Å². The van der Waals surface area contributed by atoms with Crippen molar-refractivity contribution in [2.24, 2.45) is 5.73 Å². The van der Waals surface area contributed by atoms with Gasteiger partial charge in [-0.25, -0.2) is 0 Å². The molecule has 3 N–H and O–H groups in total. The van der Waals surface area contributed by atoms with Crippen LogP contribution in [0.4, 0.5) is 0 Å². The maximum Gasteiger partial charge on any atom is 0.252 e. The highest BCUT2D eigenvalue weighted by Crippen LogP contribution is 2.35. The Labute approximate surface area is 161 Å². The van der Waals surface area contributed by atoms with Crippen LogP contribution in [0.5, 0.6) is 0 Å². The molecular formula is C21H27N3O2Si. The lowest BCUT2D eigenvalue weighted by molar-refractivity contribution is -0.119. The fourth-order valence-corrected chi connectivity index (χ4v) is 3.23. The van der Waals surface area contributed by atoms with Gasteiger partial charge < -0.3 is 11.1 Å². The molecule has 2 rings (SSSR count). The maximum atomic E-state index is 12.7. The Morgan fingerprint density at radius 1 is 1.22 bits per heavy atom. The number of nitrogens with zero attached hydrogens (tertiary/aromatic N) is 1. The van der Waals surface area contributed by atoms with Crippen molar-refractivity contribution in [3.8, 4) is 11.5 Å². The van der Waals surface area contributed by atoms with Crippen molar-refractivity contribution in [2.45, 2.75) is 51.4 Å². The monoisotopic (exact) mass is 381 g/mol. The fourth-order valence-electron chi connectivity index (χ4n) is 2.31. The summed E-state index contributed by atoms with van der Waals surface area (Å²) in [7, 11) is -1.78. The zero-order valence-electron chi connectivity index (χ0n) is 16.6. The van der Waals surface area contributed by atoms with Crippen molar-refractivity contribution < 1.29 is 9.59 Å². The minimum atomic E-state index is -1.78. The summed E-state index contributed by atoms with van der Waals surface area (Å²) in [6.45, 7) is 10.9. The molecular weight excluding hydrogens is 354 g/mol. The second-order valence-corrected chi connectivity index (χ2v) is 13.2. The first-order valence-electron chi connectivity index (χ1n) is 8.97. The molecule has 1 aromatic heterocycles. The van der Waals surface area contributed by atoms with Crippen LogP contribution >= 0.6 is 0 Å². The molecule has 0 saturated carbocycles. The van der Waals surface area contributed by atoms with Crippen LogP contribution in [0.25, 0.3) is 10.9 Å². The van der Waals surface area contributed by atoms with Crippen molar-refractivity contribution in [3.63, 3.8) is 0 Å². The lowest BCUT2D eigenvalue weighted by Crippen LogP contribution is -2.44. The molecule has 1 heterocycles. The third-order valence-corrected chi connectivity index (χ3v) is 9.68. The average Bonchev–Trinajstić information content (AvgIpc) is 2.59. The van der Waals surface area contributed by atoms with Crippen molar-refractivity contribution in [1.29, 1.82) is 0 Å². The van der Waals surface area contributed by atoms with Crippen LogP contribution in [0, 0.1) is 11.5 Å². The summed E-state index contributed by atoms with van der Waals surface area (Å²) in [4.78, 5) is 28.8. The molecule has 2 aromatic rings. The molecule has 1 atom stereocenters. The van der Waals surface area contributed by atoms with Gasteiger partial charge in [-0.1, -0.05) is 52.1 Å². The number of para-hydroxylation sites is 1. The Bertz CT molecular complexity index is 915. The van der Waals surface area contributed by atoms with Gasteiger partial charge in [0, 0.05) is 18.0 Å². The summed E-state index contributed by atoms with van der Waals surface area (Å²) in [5, 5.41) is 3.58. The van der Waals surface area contributed by atoms with E-state index in [1.165, 1.54) is 0 Å². The molecule has 5 nitrogen and oxygen atoms in total. The summed E-state index contributed by atoms with van der Waals surface area (Å²) < 4.78 is 0. The molecule has 0 aliphatic heterocycles. The number of benzene rings is 1. The zero-order valence-corrected chi connectivity index (χ0v) is 17.6. The number of rotatable bonds is 4. The first-order chi connectivity index (χ1) is 12.5. The molecule has 0 unspecified atom stereocenters. The normalized spacial score (nSPS) is 12.8. The highest BCUT2D eigenvalue weighted by molar-refractivity contribution is 6.87. The molecule has 27 heavy (non-hydrogen) atoms. The number of hydrogen-bond donors (Lipinski definition) is 2. The van der Waals surface area contributed by atoms with Crippen molar-refractivity contribution in [2.75, 3.05) is 0 Å². The highest BCUT2D eigenvalue weighted by atomic mass is 28.3. The lowest BCUT2D eigenvalue weighted by atomic mass is 10.1. The van der Waals surface area contributed by atoms with Crippen LogP contribution in [0.1, 0.15) is 37.6 Å². The van der Waals surface area contributed by atoms with Crippen LogP contribution in [-0.4, -0.2) is 30.9 Å². The molecule has 0 aliphatic rings. The topological polar surface area (TPSA) is 85.1 Å². The minimum Gasteiger partial charge on any atom is -0.368 e. The van der Waals surface area contributed by atoms with E-state index in [4.69, 9.17) is 5.73 Å². The van der Waals surface area contributed by atoms with Crippen molar-refractivity contribution >= 4 is 30.8 Å². The molecule has 2 amide bonds. The van der Waals surface area contributed by atoms with Gasteiger partial charge >= 0.3 is 0 Å². The molecule has 0 bridgehead atoms. The summed E-state index contributed by atoms with van der Waals surface area (Å²) >= 11 is 0. The molecule has 0 radical (unpaired) electrons. The third-order valence-electron chi connectivity index (χ3n) is 5.12. The van der Waals surface area contributed by atoms with Gasteiger partial charge in [-0.05, 0) is 17.2 Å². The smallest absolute Gasteiger partial charge is 0.252 e. The van der Waals surface area contributed by atoms with E-state index in [0.29, 0.717) is 5.56 Å². The molecule has 6 heteroatoms. The summed E-state index contributed by atoms with van der Waals surface area (Å²) in [5.41, 5.74) is 10.0. The van der Waals surface area contributed by atoms with E-state index in [9.17, 15) is 9.59 Å². The number of aromatic nitrogens is 1. The predicted molar refractivity (Wildman–Crippen MR) is 112 cm³/mol. The average molecular weight is 382 g/mol. The number of nitrogens with two attached hydrogens (primary N) is 1. The van der Waals surface area contributed by atoms with Crippen LogP contribution in [-0.2, 0) is 4.79 Å². The van der Waals surface area contributed by atoms with Crippen LogP contribution in [0.2, 0.25) is 18.1 Å². The van der Waals surface area contributed by atoms with Gasteiger partial charge in [-0.3, -0.25) is 14.6 Å². The van der Waals surface area contributed by atoms with Gasteiger partial charge in [0.15, 0.2) is 0 Å². The molecule has 0 fully saturated rings. The largest absolute Gasteiger partial charge is 0.368 e. The summed E-state index contributed by atoms with van der Waals surface area (Å²) in [6, 6.07) is 8.17. The van der Waals surface area contributed by atoms with Crippen LogP contribution in [0.3, 0.4) is 0 Å². The highest BCUT2D eigenvalue weighted by Gasteiger charge is 2.33. The minimum absolute atomic E-state index is 0.126. The Morgan fingerprint density at radius 3 is 2.52 bits per heavy atom. The Kier molecular flexibility index (Phi) is 6.07. The molecule has 0 spiro atoms. The SMILES string of the molecule is CC(C)(C)[Si](C)(C)C#CC[C@H](NC(=O)c1ccnc2ccccc12)C(N)=O. The standard InChI is InChI=1S/C21H27N3O2Si/c1-21(2,3)27(4,5)14-8-11-18(19(22)25)24-20(26)16-12-13-23-17-10-7-6-9-15(16)17/h6-7,9-10,12-13,18H,11H2,1-5H3,(H2,22,25)(H,24,26)/t18-/m0/s1. The van der Waals surface area contributed by atoms with E-state index in [0.717, 1.165) is 10.9 Å². The second kappa shape index (κ2) is 7.93. The first-order valence-corrected chi connectivity index (χ1v) is 12.0. The van der Waals surface area contributed by atoms with E-state index in [1.54, 1.807) is 12.3 Å². The molecule has 142 valence electrons. The van der Waals surface area contributed by atoms with E-state index in [1.807, 2.05) is 24.3 Å². The number of primary amides is 1. The first kappa shape index (κ1) is 20.7.